The third kappa shape index (κ3) is 1.10. The minimum absolute atomic E-state index is 0.213. The highest BCUT2D eigenvalue weighted by Gasteiger charge is 2.29. The molecule has 0 aromatic heterocycles. The molecular formula is C7H12O. The maximum absolute atomic E-state index is 9.17. The Bertz CT molecular complexity index is 103. The molecule has 0 spiro atoms. The summed E-state index contributed by atoms with van der Waals surface area (Å²) in [5.41, 5.74) is 0.910. The summed E-state index contributed by atoms with van der Waals surface area (Å²) in [6, 6.07) is 0. The van der Waals surface area contributed by atoms with Gasteiger partial charge in [-0.15, -0.1) is 0 Å². The molecule has 46 valence electrons. The van der Waals surface area contributed by atoms with Crippen molar-refractivity contribution in [1.29, 1.82) is 0 Å². The van der Waals surface area contributed by atoms with Crippen LogP contribution in [0.5, 0.6) is 0 Å². The van der Waals surface area contributed by atoms with E-state index in [-0.39, 0.29) is 6.10 Å². The lowest BCUT2D eigenvalue weighted by molar-refractivity contribution is 0.188. The van der Waals surface area contributed by atoms with Crippen molar-refractivity contribution in [1.82, 2.24) is 0 Å². The fourth-order valence-electron chi connectivity index (χ4n) is 0.814. The third-order valence-corrected chi connectivity index (χ3v) is 1.57. The highest BCUT2D eigenvalue weighted by molar-refractivity contribution is 5.03. The van der Waals surface area contributed by atoms with E-state index in [2.05, 4.69) is 6.58 Å². The first kappa shape index (κ1) is 5.83. The van der Waals surface area contributed by atoms with Gasteiger partial charge in [-0.2, -0.15) is 0 Å². The predicted molar refractivity (Wildman–Crippen MR) is 33.5 cm³/mol. The van der Waals surface area contributed by atoms with Crippen LogP contribution in [-0.4, -0.2) is 11.2 Å². The number of aliphatic hydroxyl groups excluding tert-OH is 1. The lowest BCUT2D eigenvalue weighted by Gasteiger charge is -2.05. The van der Waals surface area contributed by atoms with Crippen molar-refractivity contribution in [3.63, 3.8) is 0 Å². The number of hydrogen-bond acceptors (Lipinski definition) is 1. The zero-order valence-corrected chi connectivity index (χ0v) is 5.22. The van der Waals surface area contributed by atoms with E-state index in [1.54, 1.807) is 0 Å². The summed E-state index contributed by atoms with van der Waals surface area (Å²) in [4.78, 5) is 0. The van der Waals surface area contributed by atoms with E-state index < -0.39 is 0 Å². The number of hydrogen-bond donors (Lipinski definition) is 1. The second-order valence-corrected chi connectivity index (χ2v) is 2.63. The first-order valence-electron chi connectivity index (χ1n) is 3.05. The molecule has 0 saturated heterocycles. The molecule has 1 N–H and O–H groups in total. The van der Waals surface area contributed by atoms with Crippen LogP contribution in [0.1, 0.15) is 19.8 Å². The van der Waals surface area contributed by atoms with E-state index in [0.29, 0.717) is 5.92 Å². The maximum atomic E-state index is 9.17. The fourth-order valence-corrected chi connectivity index (χ4v) is 0.814. The second kappa shape index (κ2) is 1.90. The summed E-state index contributed by atoms with van der Waals surface area (Å²) in [5, 5.41) is 9.17. The van der Waals surface area contributed by atoms with Crippen LogP contribution < -0.4 is 0 Å². The van der Waals surface area contributed by atoms with Gasteiger partial charge in [0.05, 0.1) is 6.10 Å². The molecule has 0 radical (unpaired) electrons. The van der Waals surface area contributed by atoms with E-state index >= 15 is 0 Å². The minimum atomic E-state index is -0.213. The molecule has 0 aromatic carbocycles. The largest absolute Gasteiger partial charge is 0.388 e. The maximum Gasteiger partial charge on any atom is 0.0772 e. The molecule has 0 aromatic rings. The molecule has 1 rings (SSSR count). The molecule has 1 aliphatic rings. The molecular weight excluding hydrogens is 100 g/mol. The number of rotatable bonds is 2. The van der Waals surface area contributed by atoms with Crippen LogP contribution in [0.2, 0.25) is 0 Å². The third-order valence-electron chi connectivity index (χ3n) is 1.57. The van der Waals surface area contributed by atoms with E-state index in [9.17, 15) is 0 Å². The van der Waals surface area contributed by atoms with Crippen LogP contribution in [-0.2, 0) is 0 Å². The van der Waals surface area contributed by atoms with Crippen LogP contribution >= 0.6 is 0 Å². The van der Waals surface area contributed by atoms with Crippen molar-refractivity contribution in [3.05, 3.63) is 12.2 Å². The van der Waals surface area contributed by atoms with Gasteiger partial charge in [-0.05, 0) is 25.7 Å². The van der Waals surface area contributed by atoms with Crippen molar-refractivity contribution in [3.8, 4) is 0 Å². The Morgan fingerprint density at radius 1 is 1.75 bits per heavy atom. The van der Waals surface area contributed by atoms with Gasteiger partial charge < -0.3 is 5.11 Å². The van der Waals surface area contributed by atoms with Crippen LogP contribution in [0.25, 0.3) is 0 Å². The molecule has 1 atom stereocenters. The molecule has 0 heterocycles. The lowest BCUT2D eigenvalue weighted by atomic mass is 10.1. The van der Waals surface area contributed by atoms with Crippen LogP contribution in [0.15, 0.2) is 12.2 Å². The first-order chi connectivity index (χ1) is 3.72. The van der Waals surface area contributed by atoms with Gasteiger partial charge in [-0.1, -0.05) is 12.2 Å². The van der Waals surface area contributed by atoms with Crippen molar-refractivity contribution >= 4 is 0 Å². The average Bonchev–Trinajstić information content (AvgIpc) is 2.43. The zero-order valence-electron chi connectivity index (χ0n) is 5.22. The topological polar surface area (TPSA) is 20.2 Å². The Morgan fingerprint density at radius 2 is 2.25 bits per heavy atom. The molecule has 0 amide bonds. The van der Waals surface area contributed by atoms with Gasteiger partial charge in [0, 0.05) is 0 Å². The molecule has 1 aliphatic carbocycles. The van der Waals surface area contributed by atoms with Crippen molar-refractivity contribution < 1.29 is 5.11 Å². The minimum Gasteiger partial charge on any atom is -0.388 e. The standard InChI is InChI=1S/C7H12O/c1-5(2)7(8)6-3-4-6/h6-8H,1,3-4H2,2H3. The molecule has 8 heavy (non-hydrogen) atoms. The van der Waals surface area contributed by atoms with E-state index in [0.717, 1.165) is 5.57 Å². The molecule has 1 saturated carbocycles. The van der Waals surface area contributed by atoms with Gasteiger partial charge >= 0.3 is 0 Å². The van der Waals surface area contributed by atoms with Crippen LogP contribution in [0, 0.1) is 5.92 Å². The summed E-state index contributed by atoms with van der Waals surface area (Å²) < 4.78 is 0. The lowest BCUT2D eigenvalue weighted by Crippen LogP contribution is -2.08. The summed E-state index contributed by atoms with van der Waals surface area (Å²) in [5.74, 6) is 0.549. The second-order valence-electron chi connectivity index (χ2n) is 2.63. The zero-order chi connectivity index (χ0) is 6.15. The average molecular weight is 112 g/mol. The van der Waals surface area contributed by atoms with Crippen molar-refractivity contribution in [2.24, 2.45) is 5.92 Å². The quantitative estimate of drug-likeness (QED) is 0.534. The van der Waals surface area contributed by atoms with Crippen molar-refractivity contribution in [2.45, 2.75) is 25.9 Å². The molecule has 1 heteroatoms. The number of aliphatic hydroxyl groups is 1. The molecule has 0 bridgehead atoms. The highest BCUT2D eigenvalue weighted by atomic mass is 16.3. The molecule has 1 unspecified atom stereocenters. The fraction of sp³-hybridized carbons (Fsp3) is 0.714. The summed E-state index contributed by atoms with van der Waals surface area (Å²) in [6.07, 6.45) is 2.16. The Labute approximate surface area is 50.0 Å². The Balaban J connectivity index is 2.32. The highest BCUT2D eigenvalue weighted by Crippen LogP contribution is 2.34. The summed E-state index contributed by atoms with van der Waals surface area (Å²) >= 11 is 0. The van der Waals surface area contributed by atoms with E-state index in [4.69, 9.17) is 5.11 Å². The Morgan fingerprint density at radius 3 is 2.38 bits per heavy atom. The predicted octanol–water partition coefficient (Wildman–Crippen LogP) is 1.33. The molecule has 1 fully saturated rings. The van der Waals surface area contributed by atoms with E-state index in [1.807, 2.05) is 6.92 Å². The molecule has 0 aliphatic heterocycles. The van der Waals surface area contributed by atoms with Gasteiger partial charge in [-0.3, -0.25) is 0 Å². The SMILES string of the molecule is C=C(C)C(O)C1CC1. The normalized spacial score (nSPS) is 22.8. The Hall–Kier alpha value is -0.300. The van der Waals surface area contributed by atoms with Crippen molar-refractivity contribution in [2.75, 3.05) is 0 Å². The summed E-state index contributed by atoms with van der Waals surface area (Å²) in [6.45, 7) is 5.54. The van der Waals surface area contributed by atoms with Crippen LogP contribution in [0.4, 0.5) is 0 Å². The summed E-state index contributed by atoms with van der Waals surface area (Å²) in [7, 11) is 0. The van der Waals surface area contributed by atoms with Gasteiger partial charge in [0.15, 0.2) is 0 Å². The first-order valence-corrected chi connectivity index (χ1v) is 3.05. The smallest absolute Gasteiger partial charge is 0.0772 e. The van der Waals surface area contributed by atoms with E-state index in [1.165, 1.54) is 12.8 Å². The van der Waals surface area contributed by atoms with Crippen LogP contribution in [0.3, 0.4) is 0 Å². The van der Waals surface area contributed by atoms with Gasteiger partial charge in [-0.25, -0.2) is 0 Å². The monoisotopic (exact) mass is 112 g/mol. The van der Waals surface area contributed by atoms with Gasteiger partial charge in [0.25, 0.3) is 0 Å². The Kier molecular flexibility index (Phi) is 1.39. The van der Waals surface area contributed by atoms with Gasteiger partial charge in [0.1, 0.15) is 0 Å². The van der Waals surface area contributed by atoms with Gasteiger partial charge in [0.2, 0.25) is 0 Å². The molecule has 1 nitrogen and oxygen atoms in total.